The first-order valence-electron chi connectivity index (χ1n) is 11.4. The number of hydrogen-bond donors (Lipinski definition) is 1. The number of ether oxygens (including phenoxy) is 5. The number of esters is 1. The first-order chi connectivity index (χ1) is 19.1. The Hall–Kier alpha value is -5.01. The van der Waals surface area contributed by atoms with E-state index in [2.05, 4.69) is 15.4 Å². The summed E-state index contributed by atoms with van der Waals surface area (Å²) < 4.78 is 68.4. The Labute approximate surface area is 225 Å². The number of anilines is 1. The molecule has 0 unspecified atom stereocenters. The van der Waals surface area contributed by atoms with Gasteiger partial charge in [-0.3, -0.25) is 4.79 Å². The van der Waals surface area contributed by atoms with Crippen LogP contribution in [0.15, 0.2) is 42.6 Å². The number of fused-ring (bicyclic) bond motifs is 1. The highest BCUT2D eigenvalue weighted by Crippen LogP contribution is 2.37. The van der Waals surface area contributed by atoms with Gasteiger partial charge in [0.05, 0.1) is 58.7 Å². The van der Waals surface area contributed by atoms with Gasteiger partial charge in [-0.1, -0.05) is 0 Å². The Morgan fingerprint density at radius 2 is 1.45 bits per heavy atom. The zero-order valence-electron chi connectivity index (χ0n) is 21.9. The van der Waals surface area contributed by atoms with Gasteiger partial charge < -0.3 is 29.0 Å². The van der Waals surface area contributed by atoms with E-state index in [1.165, 1.54) is 58.8 Å². The largest absolute Gasteiger partial charge is 0.493 e. The Morgan fingerprint density at radius 3 is 2.05 bits per heavy atom. The third kappa shape index (κ3) is 5.15. The van der Waals surface area contributed by atoms with E-state index in [1.807, 2.05) is 0 Å². The summed E-state index contributed by atoms with van der Waals surface area (Å²) in [5.74, 6) is -0.692. The molecule has 14 heteroatoms. The van der Waals surface area contributed by atoms with E-state index in [0.717, 1.165) is 19.4 Å². The standard InChI is InChI=1S/C26H23F3N4O7/c1-36-18-7-6-13(8-19(18)37-2)16-11-22(26(27,28)29)33-23(31-16)15(12-30-33)24(34)32-17-10-21(39-4)20(38-3)9-14(17)25(35)40-5/h6-12H,1-5H3,(H,32,34). The lowest BCUT2D eigenvalue weighted by molar-refractivity contribution is -0.142. The van der Waals surface area contributed by atoms with Gasteiger partial charge in [0, 0.05) is 17.7 Å². The molecule has 0 fully saturated rings. The van der Waals surface area contributed by atoms with Crippen LogP contribution in [0.4, 0.5) is 18.9 Å². The van der Waals surface area contributed by atoms with E-state index >= 15 is 0 Å². The number of aromatic nitrogens is 3. The summed E-state index contributed by atoms with van der Waals surface area (Å²) in [6, 6.07) is 7.90. The summed E-state index contributed by atoms with van der Waals surface area (Å²) >= 11 is 0. The number of amides is 1. The summed E-state index contributed by atoms with van der Waals surface area (Å²) in [6.45, 7) is 0. The molecule has 2 heterocycles. The van der Waals surface area contributed by atoms with Gasteiger partial charge in [0.15, 0.2) is 34.3 Å². The predicted octanol–water partition coefficient (Wildman–Crippen LogP) is 4.49. The third-order valence-electron chi connectivity index (χ3n) is 5.86. The lowest BCUT2D eigenvalue weighted by Gasteiger charge is -2.15. The van der Waals surface area contributed by atoms with Crippen LogP contribution in [0.5, 0.6) is 23.0 Å². The summed E-state index contributed by atoms with van der Waals surface area (Å²) in [4.78, 5) is 30.1. The summed E-state index contributed by atoms with van der Waals surface area (Å²) in [5.41, 5.74) is -1.79. The molecule has 0 aliphatic rings. The number of carbonyl (C=O) groups excluding carboxylic acids is 2. The average Bonchev–Trinajstić information content (AvgIpc) is 3.39. The van der Waals surface area contributed by atoms with Gasteiger partial charge in [0.1, 0.15) is 5.56 Å². The molecular weight excluding hydrogens is 537 g/mol. The minimum Gasteiger partial charge on any atom is -0.493 e. The summed E-state index contributed by atoms with van der Waals surface area (Å²) in [5, 5.41) is 6.28. The Bertz CT molecular complexity index is 1600. The summed E-state index contributed by atoms with van der Waals surface area (Å²) in [7, 11) is 6.66. The van der Waals surface area contributed by atoms with Crippen LogP contribution < -0.4 is 24.3 Å². The highest BCUT2D eigenvalue weighted by atomic mass is 19.4. The number of rotatable bonds is 8. The molecule has 2 aromatic carbocycles. The van der Waals surface area contributed by atoms with Crippen molar-refractivity contribution in [3.8, 4) is 34.3 Å². The van der Waals surface area contributed by atoms with Crippen LogP contribution in [0.2, 0.25) is 0 Å². The van der Waals surface area contributed by atoms with E-state index in [9.17, 15) is 22.8 Å². The molecule has 0 bridgehead atoms. The molecule has 0 aliphatic heterocycles. The van der Waals surface area contributed by atoms with Crippen LogP contribution in [0, 0.1) is 0 Å². The quantitative estimate of drug-likeness (QED) is 0.311. The fourth-order valence-electron chi connectivity index (χ4n) is 3.92. The normalized spacial score (nSPS) is 11.2. The number of alkyl halides is 3. The number of halogens is 3. The van der Waals surface area contributed by atoms with Crippen molar-refractivity contribution in [3.05, 3.63) is 59.4 Å². The van der Waals surface area contributed by atoms with Gasteiger partial charge >= 0.3 is 12.1 Å². The van der Waals surface area contributed by atoms with Crippen LogP contribution in [-0.4, -0.2) is 62.0 Å². The minimum absolute atomic E-state index is 0.0408. The Balaban J connectivity index is 1.86. The maximum absolute atomic E-state index is 14.1. The molecular formula is C26H23F3N4O7. The zero-order valence-corrected chi connectivity index (χ0v) is 21.9. The van der Waals surface area contributed by atoms with Gasteiger partial charge in [-0.15, -0.1) is 0 Å². The van der Waals surface area contributed by atoms with Gasteiger partial charge in [-0.25, -0.2) is 14.3 Å². The second-order valence-corrected chi connectivity index (χ2v) is 8.09. The van der Waals surface area contributed by atoms with E-state index < -0.39 is 23.7 Å². The molecule has 210 valence electrons. The second-order valence-electron chi connectivity index (χ2n) is 8.09. The van der Waals surface area contributed by atoms with Crippen molar-refractivity contribution in [2.75, 3.05) is 40.9 Å². The number of benzene rings is 2. The van der Waals surface area contributed by atoms with E-state index in [4.69, 9.17) is 23.7 Å². The molecule has 0 saturated carbocycles. The molecule has 0 saturated heterocycles. The molecule has 0 radical (unpaired) electrons. The molecule has 4 rings (SSSR count). The SMILES string of the molecule is COC(=O)c1cc(OC)c(OC)cc1NC(=O)c1cnn2c(C(F)(F)F)cc(-c3ccc(OC)c(OC)c3)nc12. The highest BCUT2D eigenvalue weighted by Gasteiger charge is 2.36. The first-order valence-corrected chi connectivity index (χ1v) is 11.4. The molecule has 0 atom stereocenters. The van der Waals surface area contributed by atoms with Gasteiger partial charge in [0.25, 0.3) is 5.91 Å². The third-order valence-corrected chi connectivity index (χ3v) is 5.86. The van der Waals surface area contributed by atoms with Crippen LogP contribution in [0.1, 0.15) is 26.4 Å². The maximum atomic E-state index is 14.1. The zero-order chi connectivity index (χ0) is 29.2. The van der Waals surface area contributed by atoms with E-state index in [0.29, 0.717) is 10.3 Å². The number of nitrogens with one attached hydrogen (secondary N) is 1. The Kier molecular flexibility index (Phi) is 7.70. The van der Waals surface area contributed by atoms with E-state index in [1.54, 1.807) is 0 Å². The average molecular weight is 560 g/mol. The van der Waals surface area contributed by atoms with Crippen molar-refractivity contribution in [3.63, 3.8) is 0 Å². The van der Waals surface area contributed by atoms with Crippen LogP contribution in [0.3, 0.4) is 0 Å². The molecule has 2 aromatic heterocycles. The number of methoxy groups -OCH3 is 5. The van der Waals surface area contributed by atoms with Crippen LogP contribution >= 0.6 is 0 Å². The van der Waals surface area contributed by atoms with Crippen molar-refractivity contribution >= 4 is 23.2 Å². The van der Waals surface area contributed by atoms with Crippen molar-refractivity contribution in [2.45, 2.75) is 6.18 Å². The predicted molar refractivity (Wildman–Crippen MR) is 135 cm³/mol. The first kappa shape index (κ1) is 28.0. The Morgan fingerprint density at radius 1 is 0.825 bits per heavy atom. The van der Waals surface area contributed by atoms with Gasteiger partial charge in [0.2, 0.25) is 0 Å². The van der Waals surface area contributed by atoms with Crippen molar-refractivity contribution in [1.29, 1.82) is 0 Å². The lowest BCUT2D eigenvalue weighted by atomic mass is 10.1. The second kappa shape index (κ2) is 11.0. The highest BCUT2D eigenvalue weighted by molar-refractivity contribution is 6.11. The molecule has 4 aromatic rings. The minimum atomic E-state index is -4.84. The number of nitrogens with zero attached hydrogens (tertiary/aromatic N) is 3. The summed E-state index contributed by atoms with van der Waals surface area (Å²) in [6.07, 6.45) is -3.89. The smallest absolute Gasteiger partial charge is 0.433 e. The van der Waals surface area contributed by atoms with Crippen molar-refractivity contribution < 1.29 is 46.4 Å². The topological polar surface area (TPSA) is 123 Å². The van der Waals surface area contributed by atoms with Crippen LogP contribution in [-0.2, 0) is 10.9 Å². The maximum Gasteiger partial charge on any atom is 0.433 e. The number of hydrogen-bond acceptors (Lipinski definition) is 9. The van der Waals surface area contributed by atoms with Crippen molar-refractivity contribution in [1.82, 2.24) is 14.6 Å². The molecule has 1 N–H and O–H groups in total. The fourth-order valence-corrected chi connectivity index (χ4v) is 3.92. The van der Waals surface area contributed by atoms with Gasteiger partial charge in [-0.05, 0) is 24.3 Å². The van der Waals surface area contributed by atoms with Crippen LogP contribution in [0.25, 0.3) is 16.9 Å². The molecule has 0 aliphatic carbocycles. The van der Waals surface area contributed by atoms with Crippen molar-refractivity contribution in [2.24, 2.45) is 0 Å². The molecule has 0 spiro atoms. The fraction of sp³-hybridized carbons (Fsp3) is 0.231. The lowest BCUT2D eigenvalue weighted by Crippen LogP contribution is -2.17. The monoisotopic (exact) mass is 560 g/mol. The molecule has 40 heavy (non-hydrogen) atoms. The number of carbonyl (C=O) groups is 2. The molecule has 1 amide bonds. The molecule has 11 nitrogen and oxygen atoms in total. The van der Waals surface area contributed by atoms with E-state index in [-0.39, 0.29) is 51.0 Å². The van der Waals surface area contributed by atoms with Gasteiger partial charge in [-0.2, -0.15) is 18.3 Å².